The third kappa shape index (κ3) is 3.40. The van der Waals surface area contributed by atoms with Gasteiger partial charge in [0.2, 0.25) is 5.91 Å². The van der Waals surface area contributed by atoms with E-state index < -0.39 is 0 Å². The van der Waals surface area contributed by atoms with Gasteiger partial charge in [0.25, 0.3) is 0 Å². The van der Waals surface area contributed by atoms with Crippen molar-refractivity contribution >= 4 is 35.1 Å². The van der Waals surface area contributed by atoms with Gasteiger partial charge in [-0.15, -0.1) is 0 Å². The number of fused-ring (bicyclic) bond motifs is 1. The lowest BCUT2D eigenvalue weighted by Crippen LogP contribution is -2.27. The van der Waals surface area contributed by atoms with Gasteiger partial charge in [0.15, 0.2) is 0 Å². The molecule has 6 heteroatoms. The molecule has 0 bridgehead atoms. The molecular weight excluding hydrogens is 330 g/mol. The number of carbonyl (C=O) groups is 1. The molecule has 2 heterocycles. The Morgan fingerprint density at radius 3 is 2.78 bits per heavy atom. The number of benzene rings is 1. The van der Waals surface area contributed by atoms with Crippen LogP contribution in [0.4, 0.5) is 5.82 Å². The van der Waals surface area contributed by atoms with Gasteiger partial charge < -0.3 is 5.32 Å². The minimum atomic E-state index is -0.179. The Morgan fingerprint density at radius 2 is 2.09 bits per heavy atom. The molecule has 0 radical (unpaired) electrons. The van der Waals surface area contributed by atoms with Crippen LogP contribution < -0.4 is 5.32 Å². The Morgan fingerprint density at radius 1 is 1.35 bits per heavy atom. The normalized spacial score (nSPS) is 13.9. The average Bonchev–Trinajstić information content (AvgIpc) is 3.03. The number of amides is 1. The number of thioether (sulfide) groups is 1. The van der Waals surface area contributed by atoms with Crippen LogP contribution in [0.2, 0.25) is 5.02 Å². The summed E-state index contributed by atoms with van der Waals surface area (Å²) in [7, 11) is 0. The predicted octanol–water partition coefficient (Wildman–Crippen LogP) is 4.22. The lowest BCUT2D eigenvalue weighted by Gasteiger charge is -2.23. The fourth-order valence-corrected chi connectivity index (χ4v) is 3.86. The maximum atomic E-state index is 12.5. The van der Waals surface area contributed by atoms with Gasteiger partial charge in [-0.25, -0.2) is 4.68 Å². The molecular formula is C17H20ClN3OS. The van der Waals surface area contributed by atoms with Gasteiger partial charge in [-0.3, -0.25) is 4.79 Å². The summed E-state index contributed by atoms with van der Waals surface area (Å²) in [5, 5.41) is 8.38. The molecule has 4 nitrogen and oxygen atoms in total. The van der Waals surface area contributed by atoms with Crippen molar-refractivity contribution in [3.8, 4) is 0 Å². The van der Waals surface area contributed by atoms with E-state index in [1.807, 2.05) is 34.6 Å². The number of hydrogen-bond acceptors (Lipinski definition) is 3. The second kappa shape index (κ2) is 6.21. The quantitative estimate of drug-likeness (QED) is 0.902. The molecule has 0 unspecified atom stereocenters. The molecule has 0 aliphatic carbocycles. The lowest BCUT2D eigenvalue weighted by molar-refractivity contribution is -0.115. The third-order valence-corrected chi connectivity index (χ3v) is 5.09. The van der Waals surface area contributed by atoms with E-state index in [4.69, 9.17) is 16.7 Å². The summed E-state index contributed by atoms with van der Waals surface area (Å²) in [6, 6.07) is 7.44. The second-order valence-corrected chi connectivity index (χ2v) is 8.06. The van der Waals surface area contributed by atoms with E-state index in [0.29, 0.717) is 5.02 Å². The highest BCUT2D eigenvalue weighted by Gasteiger charge is 2.28. The van der Waals surface area contributed by atoms with Crippen molar-refractivity contribution in [1.82, 2.24) is 9.78 Å². The summed E-state index contributed by atoms with van der Waals surface area (Å²) < 4.78 is 1.93. The predicted molar refractivity (Wildman–Crippen MR) is 96.0 cm³/mol. The van der Waals surface area contributed by atoms with E-state index in [9.17, 15) is 4.79 Å². The molecule has 0 atom stereocenters. The molecule has 122 valence electrons. The molecule has 1 aliphatic heterocycles. The van der Waals surface area contributed by atoms with Crippen LogP contribution in [-0.2, 0) is 28.3 Å². The fourth-order valence-electron chi connectivity index (χ4n) is 2.62. The first kappa shape index (κ1) is 16.4. The van der Waals surface area contributed by atoms with Crippen molar-refractivity contribution < 1.29 is 4.79 Å². The number of anilines is 1. The summed E-state index contributed by atoms with van der Waals surface area (Å²) in [5.74, 6) is 2.57. The molecule has 2 aromatic rings. The van der Waals surface area contributed by atoms with Crippen LogP contribution in [0.3, 0.4) is 0 Å². The zero-order valence-corrected chi connectivity index (χ0v) is 15.1. The van der Waals surface area contributed by atoms with Gasteiger partial charge in [0, 0.05) is 22.1 Å². The van der Waals surface area contributed by atoms with E-state index in [0.717, 1.165) is 34.1 Å². The SMILES string of the molecule is CC(C)(C)n1nc2c(c1NC(=O)Cc1ccccc1Cl)CSC2. The van der Waals surface area contributed by atoms with Gasteiger partial charge in [-0.05, 0) is 32.4 Å². The highest BCUT2D eigenvalue weighted by molar-refractivity contribution is 7.98. The second-order valence-electron chi connectivity index (χ2n) is 6.67. The third-order valence-electron chi connectivity index (χ3n) is 3.75. The van der Waals surface area contributed by atoms with Crippen molar-refractivity contribution in [1.29, 1.82) is 0 Å². The van der Waals surface area contributed by atoms with Crippen LogP contribution in [-0.4, -0.2) is 15.7 Å². The summed E-state index contributed by atoms with van der Waals surface area (Å²) in [5.41, 5.74) is 2.89. The van der Waals surface area contributed by atoms with E-state index in [2.05, 4.69) is 26.1 Å². The zero-order chi connectivity index (χ0) is 16.6. The number of halogens is 1. The van der Waals surface area contributed by atoms with Crippen LogP contribution in [0.1, 0.15) is 37.6 Å². The minimum absolute atomic E-state index is 0.0665. The van der Waals surface area contributed by atoms with Crippen LogP contribution in [0.5, 0.6) is 0 Å². The molecule has 0 fully saturated rings. The lowest BCUT2D eigenvalue weighted by atomic mass is 10.1. The van der Waals surface area contributed by atoms with Gasteiger partial charge >= 0.3 is 0 Å². The smallest absolute Gasteiger partial charge is 0.230 e. The van der Waals surface area contributed by atoms with Crippen molar-refractivity contribution in [3.05, 3.63) is 46.1 Å². The molecule has 0 spiro atoms. The summed E-state index contributed by atoms with van der Waals surface area (Å²) >= 11 is 7.98. The topological polar surface area (TPSA) is 46.9 Å². The van der Waals surface area contributed by atoms with E-state index in [-0.39, 0.29) is 17.9 Å². The van der Waals surface area contributed by atoms with Crippen LogP contribution in [0.15, 0.2) is 24.3 Å². The molecule has 1 aliphatic rings. The zero-order valence-electron chi connectivity index (χ0n) is 13.5. The van der Waals surface area contributed by atoms with E-state index in [1.165, 1.54) is 0 Å². The Kier molecular flexibility index (Phi) is 4.43. The molecule has 1 N–H and O–H groups in total. The number of nitrogens with zero attached hydrogens (tertiary/aromatic N) is 2. The number of carbonyl (C=O) groups excluding carboxylic acids is 1. The molecule has 0 saturated carbocycles. The number of aromatic nitrogens is 2. The summed E-state index contributed by atoms with van der Waals surface area (Å²) in [4.78, 5) is 12.5. The molecule has 1 amide bonds. The minimum Gasteiger partial charge on any atom is -0.310 e. The van der Waals surface area contributed by atoms with Gasteiger partial charge in [0.1, 0.15) is 5.82 Å². The molecule has 1 aromatic heterocycles. The molecule has 0 saturated heterocycles. The Bertz CT molecular complexity index is 749. The first-order valence-corrected chi connectivity index (χ1v) is 9.12. The van der Waals surface area contributed by atoms with Gasteiger partial charge in [-0.1, -0.05) is 29.8 Å². The first-order valence-electron chi connectivity index (χ1n) is 7.58. The average molecular weight is 350 g/mol. The van der Waals surface area contributed by atoms with E-state index in [1.54, 1.807) is 6.07 Å². The Balaban J connectivity index is 1.85. The molecule has 1 aromatic carbocycles. The van der Waals surface area contributed by atoms with Crippen molar-refractivity contribution in [2.24, 2.45) is 0 Å². The monoisotopic (exact) mass is 349 g/mol. The van der Waals surface area contributed by atoms with Crippen molar-refractivity contribution in [2.45, 2.75) is 44.2 Å². The van der Waals surface area contributed by atoms with Gasteiger partial charge in [0.05, 0.1) is 17.7 Å². The van der Waals surface area contributed by atoms with Crippen molar-refractivity contribution in [2.75, 3.05) is 5.32 Å². The summed E-state index contributed by atoms with van der Waals surface area (Å²) in [6.45, 7) is 6.27. The van der Waals surface area contributed by atoms with Crippen LogP contribution in [0.25, 0.3) is 0 Å². The maximum Gasteiger partial charge on any atom is 0.230 e. The van der Waals surface area contributed by atoms with E-state index >= 15 is 0 Å². The highest BCUT2D eigenvalue weighted by Crippen LogP contribution is 2.37. The fraction of sp³-hybridized carbons (Fsp3) is 0.412. The highest BCUT2D eigenvalue weighted by atomic mass is 35.5. The van der Waals surface area contributed by atoms with Crippen LogP contribution >= 0.6 is 23.4 Å². The van der Waals surface area contributed by atoms with Gasteiger partial charge in [-0.2, -0.15) is 16.9 Å². The Hall–Kier alpha value is -1.46. The first-order chi connectivity index (χ1) is 10.9. The van der Waals surface area contributed by atoms with Crippen molar-refractivity contribution in [3.63, 3.8) is 0 Å². The largest absolute Gasteiger partial charge is 0.310 e. The standard InChI is InChI=1S/C17H20ClN3OS/c1-17(2,3)21-16(12-9-23-10-14(12)20-21)19-15(22)8-11-6-4-5-7-13(11)18/h4-7H,8-10H2,1-3H3,(H,19,22). The Labute approximate surface area is 145 Å². The molecule has 23 heavy (non-hydrogen) atoms. The number of hydrogen-bond donors (Lipinski definition) is 1. The number of nitrogens with one attached hydrogen (secondary N) is 1. The molecule has 3 rings (SSSR count). The summed E-state index contributed by atoms with van der Waals surface area (Å²) in [6.07, 6.45) is 0.261. The maximum absolute atomic E-state index is 12.5. The number of rotatable bonds is 3. The van der Waals surface area contributed by atoms with Crippen LogP contribution in [0, 0.1) is 0 Å².